The quantitative estimate of drug-likeness (QED) is 0.599. The Morgan fingerprint density at radius 3 is 2.35 bits per heavy atom. The van der Waals surface area contributed by atoms with E-state index in [0.717, 1.165) is 0 Å². The Hall–Kier alpha value is -2.33. The second-order valence-electron chi connectivity index (χ2n) is 4.10. The molecule has 0 radical (unpaired) electrons. The lowest BCUT2D eigenvalue weighted by Crippen LogP contribution is -2.07. The Bertz CT molecular complexity index is 575. The maximum atomic E-state index is 12.5. The van der Waals surface area contributed by atoms with Crippen LogP contribution in [0.2, 0.25) is 0 Å². The summed E-state index contributed by atoms with van der Waals surface area (Å²) < 4.78 is 15.4. The lowest BCUT2D eigenvalue weighted by atomic mass is 10.0. The summed E-state index contributed by atoms with van der Waals surface area (Å²) in [5.74, 6) is 1.12. The number of methoxy groups -OCH3 is 2. The van der Waals surface area contributed by atoms with Gasteiger partial charge >= 0.3 is 0 Å². The summed E-state index contributed by atoms with van der Waals surface area (Å²) in [6.07, 6.45) is 0. The maximum absolute atomic E-state index is 12.5. The topological polar surface area (TPSA) is 44.8 Å². The molecule has 20 heavy (non-hydrogen) atoms. The SMILES string of the molecule is COCOc1ccccc1C(=O)c1ccc(OC)cc1. The van der Waals surface area contributed by atoms with Crippen LogP contribution in [0.1, 0.15) is 15.9 Å². The van der Waals surface area contributed by atoms with E-state index in [1.54, 1.807) is 49.6 Å². The van der Waals surface area contributed by atoms with Gasteiger partial charge in [-0.3, -0.25) is 4.79 Å². The van der Waals surface area contributed by atoms with Crippen molar-refractivity contribution in [2.75, 3.05) is 21.0 Å². The third-order valence-corrected chi connectivity index (χ3v) is 2.82. The fourth-order valence-corrected chi connectivity index (χ4v) is 1.80. The Morgan fingerprint density at radius 2 is 1.70 bits per heavy atom. The number of rotatable bonds is 6. The maximum Gasteiger partial charge on any atom is 0.196 e. The zero-order valence-electron chi connectivity index (χ0n) is 11.5. The lowest BCUT2D eigenvalue weighted by molar-refractivity contribution is 0.0503. The van der Waals surface area contributed by atoms with Crippen LogP contribution in [0, 0.1) is 0 Å². The molecule has 2 aromatic rings. The highest BCUT2D eigenvalue weighted by molar-refractivity contribution is 6.10. The van der Waals surface area contributed by atoms with Crippen LogP contribution in [-0.4, -0.2) is 26.8 Å². The first-order valence-electron chi connectivity index (χ1n) is 6.15. The molecule has 0 amide bonds. The molecule has 0 aliphatic carbocycles. The predicted octanol–water partition coefficient (Wildman–Crippen LogP) is 2.91. The molecule has 0 saturated heterocycles. The highest BCUT2D eigenvalue weighted by Crippen LogP contribution is 2.22. The standard InChI is InChI=1S/C16H16O4/c1-18-11-20-15-6-4-3-5-14(15)16(17)12-7-9-13(19-2)10-8-12/h3-10H,11H2,1-2H3. The Labute approximate surface area is 117 Å². The van der Waals surface area contributed by atoms with Crippen molar-refractivity contribution in [3.8, 4) is 11.5 Å². The number of ether oxygens (including phenoxy) is 3. The summed E-state index contributed by atoms with van der Waals surface area (Å²) in [7, 11) is 3.12. The van der Waals surface area contributed by atoms with Crippen molar-refractivity contribution in [1.82, 2.24) is 0 Å². The largest absolute Gasteiger partial charge is 0.497 e. The highest BCUT2D eigenvalue weighted by atomic mass is 16.7. The van der Waals surface area contributed by atoms with Gasteiger partial charge in [0, 0.05) is 12.7 Å². The molecule has 0 spiro atoms. The minimum atomic E-state index is -0.0978. The van der Waals surface area contributed by atoms with Crippen LogP contribution in [0.3, 0.4) is 0 Å². The van der Waals surface area contributed by atoms with Gasteiger partial charge in [-0.25, -0.2) is 0 Å². The summed E-state index contributed by atoms with van der Waals surface area (Å²) in [5, 5.41) is 0. The molecule has 0 bridgehead atoms. The van der Waals surface area contributed by atoms with Gasteiger partial charge < -0.3 is 14.2 Å². The first-order chi connectivity index (χ1) is 9.76. The van der Waals surface area contributed by atoms with E-state index in [1.807, 2.05) is 6.07 Å². The molecule has 0 fully saturated rings. The minimum Gasteiger partial charge on any atom is -0.497 e. The first-order valence-corrected chi connectivity index (χ1v) is 6.15. The zero-order valence-corrected chi connectivity index (χ0v) is 11.5. The number of para-hydroxylation sites is 1. The molecule has 2 rings (SSSR count). The average Bonchev–Trinajstić information content (AvgIpc) is 2.52. The number of carbonyl (C=O) groups excluding carboxylic acids is 1. The Balaban J connectivity index is 2.27. The van der Waals surface area contributed by atoms with E-state index in [1.165, 1.54) is 7.11 Å². The molecule has 0 aromatic heterocycles. The van der Waals surface area contributed by atoms with E-state index in [9.17, 15) is 4.79 Å². The molecule has 0 N–H and O–H groups in total. The van der Waals surface area contributed by atoms with Crippen LogP contribution in [0.25, 0.3) is 0 Å². The van der Waals surface area contributed by atoms with Gasteiger partial charge in [0.25, 0.3) is 0 Å². The summed E-state index contributed by atoms with van der Waals surface area (Å²) in [4.78, 5) is 12.5. The summed E-state index contributed by atoms with van der Waals surface area (Å²) in [6, 6.07) is 14.1. The Morgan fingerprint density at radius 1 is 1.00 bits per heavy atom. The van der Waals surface area contributed by atoms with Gasteiger partial charge in [0.15, 0.2) is 12.6 Å². The monoisotopic (exact) mass is 272 g/mol. The average molecular weight is 272 g/mol. The summed E-state index contributed by atoms with van der Waals surface area (Å²) >= 11 is 0. The van der Waals surface area contributed by atoms with E-state index < -0.39 is 0 Å². The van der Waals surface area contributed by atoms with Crippen molar-refractivity contribution in [1.29, 1.82) is 0 Å². The van der Waals surface area contributed by atoms with Crippen molar-refractivity contribution in [3.05, 3.63) is 59.7 Å². The molecule has 0 aliphatic heterocycles. The van der Waals surface area contributed by atoms with Crippen molar-refractivity contribution >= 4 is 5.78 Å². The third-order valence-electron chi connectivity index (χ3n) is 2.82. The van der Waals surface area contributed by atoms with E-state index in [2.05, 4.69) is 0 Å². The lowest BCUT2D eigenvalue weighted by Gasteiger charge is -2.10. The van der Waals surface area contributed by atoms with Gasteiger partial charge in [0.05, 0.1) is 12.7 Å². The van der Waals surface area contributed by atoms with Crippen LogP contribution in [-0.2, 0) is 4.74 Å². The number of benzene rings is 2. The van der Waals surface area contributed by atoms with E-state index in [4.69, 9.17) is 14.2 Å². The van der Waals surface area contributed by atoms with Crippen molar-refractivity contribution in [2.45, 2.75) is 0 Å². The van der Waals surface area contributed by atoms with Crippen molar-refractivity contribution in [3.63, 3.8) is 0 Å². The highest BCUT2D eigenvalue weighted by Gasteiger charge is 2.14. The van der Waals surface area contributed by atoms with Gasteiger partial charge in [-0.1, -0.05) is 12.1 Å². The van der Waals surface area contributed by atoms with Crippen LogP contribution in [0.4, 0.5) is 0 Å². The molecule has 0 heterocycles. The van der Waals surface area contributed by atoms with Gasteiger partial charge in [-0.2, -0.15) is 0 Å². The van der Waals surface area contributed by atoms with Crippen LogP contribution in [0.5, 0.6) is 11.5 Å². The zero-order chi connectivity index (χ0) is 14.4. The second kappa shape index (κ2) is 6.73. The number of carbonyl (C=O) groups is 1. The van der Waals surface area contributed by atoms with Gasteiger partial charge in [-0.15, -0.1) is 0 Å². The third kappa shape index (κ3) is 3.16. The van der Waals surface area contributed by atoms with Crippen LogP contribution >= 0.6 is 0 Å². The van der Waals surface area contributed by atoms with E-state index in [-0.39, 0.29) is 12.6 Å². The van der Waals surface area contributed by atoms with Gasteiger partial charge in [-0.05, 0) is 36.4 Å². The predicted molar refractivity (Wildman–Crippen MR) is 75.4 cm³/mol. The van der Waals surface area contributed by atoms with Crippen molar-refractivity contribution < 1.29 is 19.0 Å². The molecule has 0 unspecified atom stereocenters. The summed E-state index contributed by atoms with van der Waals surface area (Å²) in [6.45, 7) is 0.104. The fraction of sp³-hybridized carbons (Fsp3) is 0.188. The second-order valence-corrected chi connectivity index (χ2v) is 4.10. The normalized spacial score (nSPS) is 10.1. The minimum absolute atomic E-state index is 0.0978. The van der Waals surface area contributed by atoms with Crippen LogP contribution in [0.15, 0.2) is 48.5 Å². The number of hydrogen-bond donors (Lipinski definition) is 0. The molecule has 4 nitrogen and oxygen atoms in total. The molecule has 4 heteroatoms. The Kier molecular flexibility index (Phi) is 4.74. The van der Waals surface area contributed by atoms with E-state index >= 15 is 0 Å². The molecule has 0 saturated carbocycles. The molecule has 0 aliphatic rings. The first kappa shape index (κ1) is 14.1. The molecular formula is C16H16O4. The van der Waals surface area contributed by atoms with Crippen LogP contribution < -0.4 is 9.47 Å². The van der Waals surface area contributed by atoms with Gasteiger partial charge in [0.1, 0.15) is 11.5 Å². The van der Waals surface area contributed by atoms with Gasteiger partial charge in [0.2, 0.25) is 0 Å². The fourth-order valence-electron chi connectivity index (χ4n) is 1.80. The number of hydrogen-bond acceptors (Lipinski definition) is 4. The number of ketones is 1. The molecule has 0 atom stereocenters. The summed E-state index contributed by atoms with van der Waals surface area (Å²) in [5.41, 5.74) is 1.09. The molecular weight excluding hydrogens is 256 g/mol. The van der Waals surface area contributed by atoms with E-state index in [0.29, 0.717) is 22.6 Å². The molecule has 2 aromatic carbocycles. The van der Waals surface area contributed by atoms with Crippen molar-refractivity contribution in [2.24, 2.45) is 0 Å². The smallest absolute Gasteiger partial charge is 0.196 e. The molecule has 104 valence electrons.